The number of rotatable bonds is 6. The molecule has 2 unspecified atom stereocenters. The Labute approximate surface area is 209 Å². The smallest absolute Gasteiger partial charge is 0.258 e. The third-order valence-electron chi connectivity index (χ3n) is 7.88. The first-order chi connectivity index (χ1) is 17.2. The van der Waals surface area contributed by atoms with Gasteiger partial charge in [-0.3, -0.25) is 9.69 Å². The Balaban J connectivity index is 1.34. The van der Waals surface area contributed by atoms with Crippen molar-refractivity contribution < 1.29 is 9.53 Å². The predicted octanol–water partition coefficient (Wildman–Crippen LogP) is 6.53. The molecule has 0 bridgehead atoms. The molecule has 2 aliphatic rings. The zero-order valence-electron chi connectivity index (χ0n) is 20.7. The highest BCUT2D eigenvalue weighted by Crippen LogP contribution is 2.38. The summed E-state index contributed by atoms with van der Waals surface area (Å²) < 4.78 is 5.36. The lowest BCUT2D eigenvalue weighted by Crippen LogP contribution is -2.51. The number of amides is 1. The number of carbonyl (C=O) groups excluding carboxylic acids is 1. The molecule has 0 spiro atoms. The number of ether oxygens (including phenoxy) is 1. The van der Waals surface area contributed by atoms with Gasteiger partial charge in [-0.25, -0.2) is 0 Å². The lowest BCUT2D eigenvalue weighted by atomic mass is 9.78. The Morgan fingerprint density at radius 2 is 1.43 bits per heavy atom. The average Bonchev–Trinajstić information content (AvgIpc) is 2.95. The van der Waals surface area contributed by atoms with E-state index in [1.807, 2.05) is 59.5 Å². The first-order valence-corrected chi connectivity index (χ1v) is 13.1. The molecule has 0 aromatic heterocycles. The first kappa shape index (κ1) is 23.6. The minimum atomic E-state index is 0.0778. The molecule has 1 saturated carbocycles. The highest BCUT2D eigenvalue weighted by atomic mass is 16.5. The van der Waals surface area contributed by atoms with Gasteiger partial charge in [-0.1, -0.05) is 61.4 Å². The number of likely N-dealkylation sites (tertiary alicyclic amines) is 1. The number of nitrogens with zero attached hydrogens (tertiary/aromatic N) is 2. The Morgan fingerprint density at radius 3 is 2.09 bits per heavy atom. The number of carbonyl (C=O) groups is 1. The fourth-order valence-corrected chi connectivity index (χ4v) is 6.07. The summed E-state index contributed by atoms with van der Waals surface area (Å²) in [6, 6.07) is 29.5. The molecule has 2 fully saturated rings. The molecule has 0 N–H and O–H groups in total. The van der Waals surface area contributed by atoms with Crippen molar-refractivity contribution in [3.8, 4) is 5.75 Å². The van der Waals surface area contributed by atoms with Crippen LogP contribution in [0.4, 0.5) is 5.69 Å². The van der Waals surface area contributed by atoms with Crippen molar-refractivity contribution in [3.05, 3.63) is 96.1 Å². The van der Waals surface area contributed by atoms with Crippen LogP contribution in [0.1, 0.15) is 60.4 Å². The maximum Gasteiger partial charge on any atom is 0.258 e. The molecule has 35 heavy (non-hydrogen) atoms. The van der Waals surface area contributed by atoms with E-state index in [-0.39, 0.29) is 11.9 Å². The summed E-state index contributed by atoms with van der Waals surface area (Å²) in [5, 5.41) is 0. The maximum absolute atomic E-state index is 13.7. The Kier molecular flexibility index (Phi) is 7.48. The number of methoxy groups -OCH3 is 1. The molecule has 1 aliphatic carbocycles. The van der Waals surface area contributed by atoms with Crippen molar-refractivity contribution >= 4 is 11.6 Å². The van der Waals surface area contributed by atoms with Crippen LogP contribution in [0.5, 0.6) is 5.75 Å². The SMILES string of the molecule is COc1ccc(N(C(=O)c2ccccc2)C2CCN(C3CCCCC3c3ccccc3)CC2)cc1. The van der Waals surface area contributed by atoms with E-state index in [0.717, 1.165) is 42.9 Å². The monoisotopic (exact) mass is 468 g/mol. The minimum absolute atomic E-state index is 0.0778. The van der Waals surface area contributed by atoms with Gasteiger partial charge in [0.15, 0.2) is 0 Å². The second kappa shape index (κ2) is 11.1. The van der Waals surface area contributed by atoms with E-state index in [9.17, 15) is 4.79 Å². The van der Waals surface area contributed by atoms with Crippen LogP contribution in [-0.2, 0) is 0 Å². The number of piperidine rings is 1. The van der Waals surface area contributed by atoms with Crippen LogP contribution in [0.2, 0.25) is 0 Å². The molecular weight excluding hydrogens is 432 g/mol. The van der Waals surface area contributed by atoms with Crippen molar-refractivity contribution in [1.29, 1.82) is 0 Å². The number of hydrogen-bond donors (Lipinski definition) is 0. The van der Waals surface area contributed by atoms with E-state index in [4.69, 9.17) is 4.74 Å². The quantitative estimate of drug-likeness (QED) is 0.412. The van der Waals surface area contributed by atoms with E-state index in [0.29, 0.717) is 12.0 Å². The summed E-state index contributed by atoms with van der Waals surface area (Å²) in [5.74, 6) is 1.50. The molecule has 1 heterocycles. The fraction of sp³-hybridized carbons (Fsp3) is 0.387. The van der Waals surface area contributed by atoms with Gasteiger partial charge in [0.1, 0.15) is 5.75 Å². The highest BCUT2D eigenvalue weighted by Gasteiger charge is 2.36. The standard InChI is InChI=1S/C31H36N2O2/c1-35-28-18-16-26(17-19-28)33(31(34)25-12-6-3-7-13-25)27-20-22-32(23-21-27)30-15-9-8-14-29(30)24-10-4-2-5-11-24/h2-7,10-13,16-19,27,29-30H,8-9,14-15,20-23H2,1H3. The third kappa shape index (κ3) is 5.28. The molecule has 2 atom stereocenters. The number of benzene rings is 3. The second-order valence-electron chi connectivity index (χ2n) is 9.88. The Morgan fingerprint density at radius 1 is 0.800 bits per heavy atom. The van der Waals surface area contributed by atoms with Gasteiger partial charge in [-0.15, -0.1) is 0 Å². The van der Waals surface area contributed by atoms with Gasteiger partial charge in [-0.2, -0.15) is 0 Å². The molecule has 3 aromatic carbocycles. The molecule has 4 heteroatoms. The van der Waals surface area contributed by atoms with Crippen molar-refractivity contribution in [2.45, 2.75) is 56.5 Å². The van der Waals surface area contributed by atoms with E-state index in [2.05, 4.69) is 35.2 Å². The zero-order chi connectivity index (χ0) is 24.0. The van der Waals surface area contributed by atoms with Gasteiger partial charge in [0.25, 0.3) is 5.91 Å². The van der Waals surface area contributed by atoms with Crippen LogP contribution in [-0.4, -0.2) is 43.1 Å². The first-order valence-electron chi connectivity index (χ1n) is 13.1. The number of hydrogen-bond acceptors (Lipinski definition) is 3. The van der Waals surface area contributed by atoms with Crippen molar-refractivity contribution in [2.75, 3.05) is 25.1 Å². The van der Waals surface area contributed by atoms with Crippen LogP contribution in [0, 0.1) is 0 Å². The zero-order valence-corrected chi connectivity index (χ0v) is 20.7. The van der Waals surface area contributed by atoms with Gasteiger partial charge >= 0.3 is 0 Å². The van der Waals surface area contributed by atoms with Gasteiger partial charge in [0.05, 0.1) is 7.11 Å². The summed E-state index contributed by atoms with van der Waals surface area (Å²) in [4.78, 5) is 18.4. The van der Waals surface area contributed by atoms with E-state index in [1.165, 1.54) is 31.2 Å². The fourth-order valence-electron chi connectivity index (χ4n) is 6.07. The highest BCUT2D eigenvalue weighted by molar-refractivity contribution is 6.06. The Bertz CT molecular complexity index is 1080. The minimum Gasteiger partial charge on any atom is -0.497 e. The summed E-state index contributed by atoms with van der Waals surface area (Å²) >= 11 is 0. The summed E-state index contributed by atoms with van der Waals surface area (Å²) in [6.07, 6.45) is 7.17. The molecule has 1 saturated heterocycles. The molecule has 4 nitrogen and oxygen atoms in total. The van der Waals surface area contributed by atoms with Gasteiger partial charge < -0.3 is 9.64 Å². The van der Waals surface area contributed by atoms with E-state index < -0.39 is 0 Å². The van der Waals surface area contributed by atoms with E-state index >= 15 is 0 Å². The predicted molar refractivity (Wildman–Crippen MR) is 142 cm³/mol. The summed E-state index contributed by atoms with van der Waals surface area (Å²) in [5.41, 5.74) is 3.17. The summed E-state index contributed by atoms with van der Waals surface area (Å²) in [7, 11) is 1.67. The van der Waals surface area contributed by atoms with Crippen LogP contribution in [0.3, 0.4) is 0 Å². The van der Waals surface area contributed by atoms with Crippen LogP contribution in [0.15, 0.2) is 84.9 Å². The number of anilines is 1. The Hall–Kier alpha value is -3.11. The van der Waals surface area contributed by atoms with Crippen LogP contribution in [0.25, 0.3) is 0 Å². The molecule has 3 aromatic rings. The lowest BCUT2D eigenvalue weighted by molar-refractivity contribution is 0.0895. The topological polar surface area (TPSA) is 32.8 Å². The van der Waals surface area contributed by atoms with E-state index in [1.54, 1.807) is 7.11 Å². The molecule has 1 aliphatic heterocycles. The molecule has 1 amide bonds. The second-order valence-corrected chi connectivity index (χ2v) is 9.88. The van der Waals surface area contributed by atoms with Crippen LogP contribution < -0.4 is 9.64 Å². The molecule has 182 valence electrons. The lowest BCUT2D eigenvalue weighted by Gasteiger charge is -2.45. The van der Waals surface area contributed by atoms with Crippen molar-refractivity contribution in [2.24, 2.45) is 0 Å². The molecule has 0 radical (unpaired) electrons. The summed E-state index contributed by atoms with van der Waals surface area (Å²) in [6.45, 7) is 2.07. The van der Waals surface area contributed by atoms with Crippen molar-refractivity contribution in [3.63, 3.8) is 0 Å². The van der Waals surface area contributed by atoms with Gasteiger partial charge in [-0.05, 0) is 73.6 Å². The maximum atomic E-state index is 13.7. The van der Waals surface area contributed by atoms with Crippen LogP contribution >= 0.6 is 0 Å². The molecular formula is C31H36N2O2. The van der Waals surface area contributed by atoms with Gasteiger partial charge in [0, 0.05) is 36.4 Å². The normalized spacial score (nSPS) is 21.4. The largest absolute Gasteiger partial charge is 0.497 e. The molecule has 5 rings (SSSR count). The average molecular weight is 469 g/mol. The van der Waals surface area contributed by atoms with Gasteiger partial charge in [0.2, 0.25) is 0 Å². The third-order valence-corrected chi connectivity index (χ3v) is 7.88. The van der Waals surface area contributed by atoms with Crippen molar-refractivity contribution in [1.82, 2.24) is 4.90 Å².